The zero-order valence-electron chi connectivity index (χ0n) is 10.7. The first-order valence-corrected chi connectivity index (χ1v) is 8.54. The maximum Gasteiger partial charge on any atom is 0.107 e. The Morgan fingerprint density at radius 3 is 2.78 bits per heavy atom. The summed E-state index contributed by atoms with van der Waals surface area (Å²) >= 11 is 11.2. The first-order chi connectivity index (χ1) is 8.69. The Hall–Kier alpha value is 0.390. The number of nitrogens with zero attached hydrogens (tertiary/aromatic N) is 1. The van der Waals surface area contributed by atoms with Gasteiger partial charge >= 0.3 is 0 Å². The Morgan fingerprint density at radius 1 is 1.50 bits per heavy atom. The van der Waals surface area contributed by atoms with Gasteiger partial charge in [-0.05, 0) is 66.9 Å². The molecule has 0 radical (unpaired) electrons. The van der Waals surface area contributed by atoms with Crippen LogP contribution in [-0.4, -0.2) is 31.1 Å². The molecule has 1 aliphatic heterocycles. The molecule has 1 aromatic heterocycles. The van der Waals surface area contributed by atoms with Gasteiger partial charge in [0.15, 0.2) is 0 Å². The third-order valence-electron chi connectivity index (χ3n) is 3.47. The first-order valence-electron chi connectivity index (χ1n) is 6.55. The number of piperidine rings is 1. The van der Waals surface area contributed by atoms with E-state index in [9.17, 15) is 0 Å². The lowest BCUT2D eigenvalue weighted by atomic mass is 9.97. The Balaban J connectivity index is 1.76. The van der Waals surface area contributed by atoms with E-state index in [2.05, 4.69) is 39.1 Å². The van der Waals surface area contributed by atoms with Crippen LogP contribution < -0.4 is 5.32 Å². The highest BCUT2D eigenvalue weighted by atomic mass is 79.9. The van der Waals surface area contributed by atoms with E-state index in [1.54, 1.807) is 11.3 Å². The number of hydrogen-bond donors (Lipinski definition) is 1. The second-order valence-electron chi connectivity index (χ2n) is 4.86. The molecule has 2 heterocycles. The van der Waals surface area contributed by atoms with Crippen molar-refractivity contribution in [2.45, 2.75) is 26.3 Å². The van der Waals surface area contributed by atoms with Crippen LogP contribution >= 0.6 is 38.9 Å². The highest BCUT2D eigenvalue weighted by Crippen LogP contribution is 2.33. The summed E-state index contributed by atoms with van der Waals surface area (Å²) < 4.78 is 1.90. The van der Waals surface area contributed by atoms with Crippen molar-refractivity contribution in [3.63, 3.8) is 0 Å². The minimum atomic E-state index is 0.861. The molecule has 5 heteroatoms. The van der Waals surface area contributed by atoms with Crippen molar-refractivity contribution in [3.8, 4) is 0 Å². The van der Waals surface area contributed by atoms with Gasteiger partial charge in [0.2, 0.25) is 0 Å². The van der Waals surface area contributed by atoms with Gasteiger partial charge in [0.1, 0.15) is 4.34 Å². The predicted octanol–water partition coefficient (Wildman–Crippen LogP) is 3.99. The molecule has 102 valence electrons. The molecule has 1 N–H and O–H groups in total. The summed E-state index contributed by atoms with van der Waals surface area (Å²) in [6.07, 6.45) is 2.63. The van der Waals surface area contributed by atoms with E-state index in [0.29, 0.717) is 0 Å². The summed E-state index contributed by atoms with van der Waals surface area (Å²) in [7, 11) is 0. The van der Waals surface area contributed by atoms with E-state index in [1.807, 2.05) is 0 Å². The number of likely N-dealkylation sites (tertiary alicyclic amines) is 1. The lowest BCUT2D eigenvalue weighted by Gasteiger charge is -2.31. The van der Waals surface area contributed by atoms with E-state index in [1.165, 1.54) is 37.4 Å². The van der Waals surface area contributed by atoms with Gasteiger partial charge in [-0.15, -0.1) is 11.3 Å². The molecule has 1 saturated heterocycles. The normalized spacial score (nSPS) is 18.4. The van der Waals surface area contributed by atoms with Crippen LogP contribution in [0.5, 0.6) is 0 Å². The molecule has 0 saturated carbocycles. The number of hydrogen-bond acceptors (Lipinski definition) is 3. The number of halogens is 2. The Bertz CT molecular complexity index is 356. The summed E-state index contributed by atoms with van der Waals surface area (Å²) in [5, 5.41) is 3.45. The molecule has 1 aromatic rings. The molecule has 1 fully saturated rings. The quantitative estimate of drug-likeness (QED) is 0.863. The van der Waals surface area contributed by atoms with Gasteiger partial charge in [-0.1, -0.05) is 18.5 Å². The van der Waals surface area contributed by atoms with E-state index < -0.39 is 0 Å². The summed E-state index contributed by atoms with van der Waals surface area (Å²) in [6.45, 7) is 7.91. The molecule has 0 atom stereocenters. The maximum atomic E-state index is 6.07. The third kappa shape index (κ3) is 4.20. The lowest BCUT2D eigenvalue weighted by Crippen LogP contribution is -2.36. The van der Waals surface area contributed by atoms with Crippen LogP contribution in [0.15, 0.2) is 10.5 Å². The van der Waals surface area contributed by atoms with Gasteiger partial charge in [0.05, 0.1) is 0 Å². The van der Waals surface area contributed by atoms with E-state index in [0.717, 1.165) is 27.8 Å². The Kier molecular flexibility index (Phi) is 5.96. The van der Waals surface area contributed by atoms with Gasteiger partial charge in [0.25, 0.3) is 0 Å². The van der Waals surface area contributed by atoms with E-state index >= 15 is 0 Å². The zero-order valence-corrected chi connectivity index (χ0v) is 13.9. The summed E-state index contributed by atoms with van der Waals surface area (Å²) in [6, 6.07) is 2.15. The average Bonchev–Trinajstić information content (AvgIpc) is 2.67. The van der Waals surface area contributed by atoms with Gasteiger partial charge in [0, 0.05) is 15.9 Å². The number of thiophene rings is 1. The molecule has 1 aliphatic rings. The van der Waals surface area contributed by atoms with Crippen molar-refractivity contribution in [2.75, 3.05) is 26.2 Å². The maximum absolute atomic E-state index is 6.07. The zero-order chi connectivity index (χ0) is 13.0. The van der Waals surface area contributed by atoms with Gasteiger partial charge in [-0.2, -0.15) is 0 Å². The standard InChI is InChI=1S/C13H20BrClN2S/c1-2-16-8-10-3-5-17(6-4-10)9-11-7-12(14)13(15)18-11/h7,10,16H,2-6,8-9H2,1H3. The van der Waals surface area contributed by atoms with Crippen molar-refractivity contribution in [1.82, 2.24) is 10.2 Å². The molecular formula is C13H20BrClN2S. The van der Waals surface area contributed by atoms with Crippen LogP contribution in [-0.2, 0) is 6.54 Å². The summed E-state index contributed by atoms with van der Waals surface area (Å²) in [5.41, 5.74) is 0. The van der Waals surface area contributed by atoms with Crippen LogP contribution in [0.2, 0.25) is 4.34 Å². The molecule has 2 rings (SSSR count). The Morgan fingerprint density at radius 2 is 2.22 bits per heavy atom. The minimum absolute atomic E-state index is 0.861. The SMILES string of the molecule is CCNCC1CCN(Cc2cc(Br)c(Cl)s2)CC1. The van der Waals surface area contributed by atoms with Gasteiger partial charge in [-0.25, -0.2) is 0 Å². The van der Waals surface area contributed by atoms with Crippen molar-refractivity contribution in [3.05, 3.63) is 19.8 Å². The van der Waals surface area contributed by atoms with Crippen LogP contribution in [0.1, 0.15) is 24.6 Å². The van der Waals surface area contributed by atoms with E-state index in [4.69, 9.17) is 11.6 Å². The summed E-state index contributed by atoms with van der Waals surface area (Å²) in [5.74, 6) is 0.861. The second-order valence-corrected chi connectivity index (χ2v) is 7.45. The molecule has 2 nitrogen and oxygen atoms in total. The highest BCUT2D eigenvalue weighted by Gasteiger charge is 2.19. The van der Waals surface area contributed by atoms with Crippen LogP contribution in [0.25, 0.3) is 0 Å². The predicted molar refractivity (Wildman–Crippen MR) is 83.6 cm³/mol. The molecule has 0 aromatic carbocycles. The first kappa shape index (κ1) is 14.8. The monoisotopic (exact) mass is 350 g/mol. The largest absolute Gasteiger partial charge is 0.317 e. The fraction of sp³-hybridized carbons (Fsp3) is 0.692. The second kappa shape index (κ2) is 7.25. The van der Waals surface area contributed by atoms with Crippen molar-refractivity contribution in [1.29, 1.82) is 0 Å². The third-order valence-corrected chi connectivity index (χ3v) is 5.93. The van der Waals surface area contributed by atoms with Gasteiger partial charge in [-0.3, -0.25) is 4.90 Å². The molecule has 0 bridgehead atoms. The summed E-state index contributed by atoms with van der Waals surface area (Å²) in [4.78, 5) is 3.90. The molecular weight excluding hydrogens is 332 g/mol. The van der Waals surface area contributed by atoms with Crippen LogP contribution in [0.3, 0.4) is 0 Å². The van der Waals surface area contributed by atoms with Crippen molar-refractivity contribution >= 4 is 38.9 Å². The molecule has 18 heavy (non-hydrogen) atoms. The molecule has 0 unspecified atom stereocenters. The van der Waals surface area contributed by atoms with Crippen LogP contribution in [0.4, 0.5) is 0 Å². The average molecular weight is 352 g/mol. The van der Waals surface area contributed by atoms with Crippen molar-refractivity contribution < 1.29 is 0 Å². The lowest BCUT2D eigenvalue weighted by molar-refractivity contribution is 0.177. The fourth-order valence-corrected chi connectivity index (χ4v) is 4.22. The van der Waals surface area contributed by atoms with Gasteiger partial charge < -0.3 is 5.32 Å². The van der Waals surface area contributed by atoms with E-state index in [-0.39, 0.29) is 0 Å². The highest BCUT2D eigenvalue weighted by molar-refractivity contribution is 9.10. The fourth-order valence-electron chi connectivity index (χ4n) is 2.39. The number of rotatable bonds is 5. The van der Waals surface area contributed by atoms with Crippen LogP contribution in [0, 0.1) is 5.92 Å². The van der Waals surface area contributed by atoms with Crippen molar-refractivity contribution in [2.24, 2.45) is 5.92 Å². The smallest absolute Gasteiger partial charge is 0.107 e. The minimum Gasteiger partial charge on any atom is -0.317 e. The molecule has 0 spiro atoms. The number of nitrogens with one attached hydrogen (secondary N) is 1. The molecule has 0 amide bonds. The topological polar surface area (TPSA) is 15.3 Å². The molecule has 0 aliphatic carbocycles. The Labute approximate surface area is 127 Å².